The zero-order valence-electron chi connectivity index (χ0n) is 20.9. The summed E-state index contributed by atoms with van der Waals surface area (Å²) in [6.07, 6.45) is 0.801. The highest BCUT2D eigenvalue weighted by Crippen LogP contribution is 2.38. The number of halogens is 1. The number of hydrogen-bond donors (Lipinski definition) is 2. The second kappa shape index (κ2) is 10.3. The second-order valence-electron chi connectivity index (χ2n) is 9.03. The minimum Gasteiger partial charge on any atom is -0.493 e. The van der Waals surface area contributed by atoms with Crippen molar-refractivity contribution < 1.29 is 18.7 Å². The predicted octanol–water partition coefficient (Wildman–Crippen LogP) is 5.07. The molecule has 0 aliphatic carbocycles. The van der Waals surface area contributed by atoms with Crippen LogP contribution in [0.1, 0.15) is 40.8 Å². The summed E-state index contributed by atoms with van der Waals surface area (Å²) in [5.74, 6) is 1.32. The lowest BCUT2D eigenvalue weighted by atomic mass is 9.93. The van der Waals surface area contributed by atoms with Crippen LogP contribution in [0.2, 0.25) is 0 Å². The lowest BCUT2D eigenvalue weighted by molar-refractivity contribution is -0.115. The highest BCUT2D eigenvalue weighted by Gasteiger charge is 2.31. The van der Waals surface area contributed by atoms with E-state index >= 15 is 0 Å². The quantitative estimate of drug-likeness (QED) is 0.368. The van der Waals surface area contributed by atoms with Crippen LogP contribution < -0.4 is 20.1 Å². The molecular formula is C28H28FN5O3. The van der Waals surface area contributed by atoms with Crippen LogP contribution in [0.5, 0.6) is 11.5 Å². The number of aryl methyl sites for hydroxylation is 1. The standard InChI is InChI=1S/C28H28FN5O3/c1-17-4-7-19(8-5-17)22-16-23(20-9-11-21(29)12-10-20)34-28(30-22)32-27(33-34)31-26(35)15-18-6-13-24(36-2)25(14-18)37-3/h4-14,22-23H,15-16H2,1-3H3,(H2,30,31,32,33,35). The molecule has 0 spiro atoms. The molecule has 1 aromatic heterocycles. The van der Waals surface area contributed by atoms with E-state index in [9.17, 15) is 9.18 Å². The van der Waals surface area contributed by atoms with Crippen molar-refractivity contribution in [1.29, 1.82) is 0 Å². The number of rotatable bonds is 7. The second-order valence-corrected chi connectivity index (χ2v) is 9.03. The maximum atomic E-state index is 13.6. The number of nitrogens with zero attached hydrogens (tertiary/aromatic N) is 3. The Morgan fingerprint density at radius 2 is 1.73 bits per heavy atom. The van der Waals surface area contributed by atoms with Gasteiger partial charge in [-0.05, 0) is 54.3 Å². The van der Waals surface area contributed by atoms with Crippen molar-refractivity contribution in [3.05, 3.63) is 94.8 Å². The number of carbonyl (C=O) groups excluding carboxylic acids is 1. The van der Waals surface area contributed by atoms with Crippen LogP contribution in [-0.4, -0.2) is 34.9 Å². The molecule has 0 saturated carbocycles. The van der Waals surface area contributed by atoms with Gasteiger partial charge < -0.3 is 14.8 Å². The summed E-state index contributed by atoms with van der Waals surface area (Å²) in [5.41, 5.74) is 3.97. The Labute approximate surface area is 214 Å². The van der Waals surface area contributed by atoms with E-state index in [-0.39, 0.29) is 36.2 Å². The molecule has 0 fully saturated rings. The first-order valence-corrected chi connectivity index (χ1v) is 12.0. The minimum atomic E-state index is -0.297. The first-order chi connectivity index (χ1) is 17.9. The maximum absolute atomic E-state index is 13.6. The summed E-state index contributed by atoms with van der Waals surface area (Å²) in [5, 5.41) is 10.8. The van der Waals surface area contributed by atoms with Gasteiger partial charge >= 0.3 is 0 Å². The molecule has 1 amide bonds. The summed E-state index contributed by atoms with van der Waals surface area (Å²) in [4.78, 5) is 17.4. The molecule has 3 aromatic carbocycles. The summed E-state index contributed by atoms with van der Waals surface area (Å²) in [7, 11) is 3.11. The molecule has 37 heavy (non-hydrogen) atoms. The summed E-state index contributed by atoms with van der Waals surface area (Å²) in [6.45, 7) is 2.05. The van der Waals surface area contributed by atoms with Crippen molar-refractivity contribution in [3.8, 4) is 11.5 Å². The van der Waals surface area contributed by atoms with Gasteiger partial charge in [0.1, 0.15) is 5.82 Å². The van der Waals surface area contributed by atoms with Crippen molar-refractivity contribution >= 4 is 17.8 Å². The fourth-order valence-corrected chi connectivity index (χ4v) is 4.56. The summed E-state index contributed by atoms with van der Waals surface area (Å²) >= 11 is 0. The summed E-state index contributed by atoms with van der Waals surface area (Å²) < 4.78 is 26.0. The Balaban J connectivity index is 1.39. The van der Waals surface area contributed by atoms with Crippen LogP contribution >= 0.6 is 0 Å². The van der Waals surface area contributed by atoms with Gasteiger partial charge in [0.2, 0.25) is 11.9 Å². The number of anilines is 2. The van der Waals surface area contributed by atoms with Gasteiger partial charge in [-0.25, -0.2) is 9.07 Å². The van der Waals surface area contributed by atoms with Crippen LogP contribution in [0.25, 0.3) is 0 Å². The molecule has 2 heterocycles. The Morgan fingerprint density at radius 3 is 2.43 bits per heavy atom. The molecule has 0 bridgehead atoms. The third kappa shape index (κ3) is 5.25. The van der Waals surface area contributed by atoms with E-state index in [0.29, 0.717) is 23.9 Å². The number of benzene rings is 3. The molecule has 0 radical (unpaired) electrons. The molecule has 9 heteroatoms. The molecule has 1 aliphatic heterocycles. The van der Waals surface area contributed by atoms with E-state index in [4.69, 9.17) is 9.47 Å². The predicted molar refractivity (Wildman–Crippen MR) is 139 cm³/mol. The van der Waals surface area contributed by atoms with Crippen molar-refractivity contribution in [2.24, 2.45) is 0 Å². The first kappa shape index (κ1) is 24.3. The zero-order valence-corrected chi connectivity index (χ0v) is 20.9. The lowest BCUT2D eigenvalue weighted by Gasteiger charge is -2.31. The average molecular weight is 502 g/mol. The van der Waals surface area contributed by atoms with Gasteiger partial charge in [0, 0.05) is 0 Å². The highest BCUT2D eigenvalue weighted by atomic mass is 19.1. The largest absolute Gasteiger partial charge is 0.493 e. The number of ether oxygens (including phenoxy) is 2. The van der Waals surface area contributed by atoms with E-state index in [2.05, 4.69) is 45.0 Å². The molecule has 190 valence electrons. The van der Waals surface area contributed by atoms with Gasteiger partial charge in [0.05, 0.1) is 32.7 Å². The zero-order chi connectivity index (χ0) is 25.9. The smallest absolute Gasteiger partial charge is 0.250 e. The number of methoxy groups -OCH3 is 2. The first-order valence-electron chi connectivity index (χ1n) is 12.0. The fourth-order valence-electron chi connectivity index (χ4n) is 4.56. The topological polar surface area (TPSA) is 90.3 Å². The molecule has 2 N–H and O–H groups in total. The normalized spacial score (nSPS) is 16.4. The molecular weight excluding hydrogens is 473 g/mol. The van der Waals surface area contributed by atoms with Crippen LogP contribution in [0.15, 0.2) is 66.7 Å². The number of hydrogen-bond acceptors (Lipinski definition) is 6. The van der Waals surface area contributed by atoms with E-state index < -0.39 is 0 Å². The van der Waals surface area contributed by atoms with E-state index in [1.165, 1.54) is 17.7 Å². The van der Waals surface area contributed by atoms with E-state index in [0.717, 1.165) is 16.7 Å². The van der Waals surface area contributed by atoms with Crippen LogP contribution in [0.4, 0.5) is 16.3 Å². The monoisotopic (exact) mass is 501 g/mol. The van der Waals surface area contributed by atoms with Gasteiger partial charge in [-0.1, -0.05) is 48.0 Å². The van der Waals surface area contributed by atoms with Gasteiger partial charge in [-0.2, -0.15) is 4.98 Å². The third-order valence-electron chi connectivity index (χ3n) is 6.49. The number of carbonyl (C=O) groups is 1. The SMILES string of the molecule is COc1ccc(CC(=O)Nc2nc3n(n2)C(c2ccc(F)cc2)CC(c2ccc(C)cc2)N3)cc1OC. The van der Waals surface area contributed by atoms with E-state index in [1.54, 1.807) is 43.2 Å². The highest BCUT2D eigenvalue weighted by molar-refractivity contribution is 5.90. The van der Waals surface area contributed by atoms with Gasteiger partial charge in [0.25, 0.3) is 5.95 Å². The Kier molecular flexibility index (Phi) is 6.76. The van der Waals surface area contributed by atoms with Gasteiger partial charge in [-0.3, -0.25) is 10.1 Å². The molecule has 1 aliphatic rings. The number of aromatic nitrogens is 3. The Bertz CT molecular complexity index is 1400. The molecule has 0 saturated heterocycles. The number of nitrogens with one attached hydrogen (secondary N) is 2. The van der Waals surface area contributed by atoms with Crippen molar-refractivity contribution in [2.75, 3.05) is 24.9 Å². The van der Waals surface area contributed by atoms with Crippen molar-refractivity contribution in [3.63, 3.8) is 0 Å². The van der Waals surface area contributed by atoms with Gasteiger partial charge in [0.15, 0.2) is 11.5 Å². The molecule has 2 unspecified atom stereocenters. The number of fused-ring (bicyclic) bond motifs is 1. The fraction of sp³-hybridized carbons (Fsp3) is 0.250. The van der Waals surface area contributed by atoms with Crippen molar-refractivity contribution in [1.82, 2.24) is 14.8 Å². The van der Waals surface area contributed by atoms with E-state index in [1.807, 2.05) is 13.0 Å². The molecule has 2 atom stereocenters. The third-order valence-corrected chi connectivity index (χ3v) is 6.49. The van der Waals surface area contributed by atoms with Crippen LogP contribution in [0, 0.1) is 12.7 Å². The minimum absolute atomic E-state index is 0.0253. The average Bonchev–Trinajstić information content (AvgIpc) is 3.31. The summed E-state index contributed by atoms with van der Waals surface area (Å²) in [6, 6.07) is 19.9. The Morgan fingerprint density at radius 1 is 1.03 bits per heavy atom. The van der Waals surface area contributed by atoms with Crippen LogP contribution in [-0.2, 0) is 11.2 Å². The number of amides is 1. The lowest BCUT2D eigenvalue weighted by Crippen LogP contribution is -2.28. The van der Waals surface area contributed by atoms with Gasteiger partial charge in [-0.15, -0.1) is 5.10 Å². The molecule has 4 aromatic rings. The van der Waals surface area contributed by atoms with Crippen LogP contribution in [0.3, 0.4) is 0 Å². The molecule has 5 rings (SSSR count). The van der Waals surface area contributed by atoms with Crippen molar-refractivity contribution in [2.45, 2.75) is 31.8 Å². The maximum Gasteiger partial charge on any atom is 0.250 e. The molecule has 8 nitrogen and oxygen atoms in total. The Hall–Kier alpha value is -4.40.